The van der Waals surface area contributed by atoms with Crippen molar-refractivity contribution in [3.63, 3.8) is 0 Å². The molecule has 1 amide bonds. The van der Waals surface area contributed by atoms with Crippen LogP contribution in [0.15, 0.2) is 0 Å². The first-order valence-corrected chi connectivity index (χ1v) is 7.84. The van der Waals surface area contributed by atoms with E-state index in [-0.39, 0.29) is 12.0 Å². The molecule has 0 aromatic carbocycles. The highest BCUT2D eigenvalue weighted by Gasteiger charge is 2.42. The molecule has 3 fully saturated rings. The van der Waals surface area contributed by atoms with Crippen molar-refractivity contribution in [2.45, 2.75) is 63.6 Å². The molecular weight excluding hydrogens is 240 g/mol. The normalized spacial score (nSPS) is 43.1. The van der Waals surface area contributed by atoms with Gasteiger partial charge in [-0.2, -0.15) is 0 Å². The van der Waals surface area contributed by atoms with Crippen LogP contribution in [-0.2, 0) is 9.53 Å². The number of nitrogens with zero attached hydrogens (tertiary/aromatic N) is 1. The lowest BCUT2D eigenvalue weighted by atomic mass is 9.77. The zero-order valence-corrected chi connectivity index (χ0v) is 11.9. The smallest absolute Gasteiger partial charge is 0.226 e. The summed E-state index contributed by atoms with van der Waals surface area (Å²) in [4.78, 5) is 15.0. The van der Waals surface area contributed by atoms with Crippen molar-refractivity contribution >= 4 is 5.91 Å². The number of hydrogen-bond donors (Lipinski definition) is 1. The molecule has 5 unspecified atom stereocenters. The fourth-order valence-electron chi connectivity index (χ4n) is 4.11. The molecule has 0 bridgehead atoms. The summed E-state index contributed by atoms with van der Waals surface area (Å²) in [7, 11) is 0. The summed E-state index contributed by atoms with van der Waals surface area (Å²) in [6.07, 6.45) is 6.76. The van der Waals surface area contributed by atoms with Crippen molar-refractivity contribution in [3.8, 4) is 0 Å². The standard InChI is InChI=1S/C15H26N2O2/c1-10-5-6-11(16)9-12(10)15(18)17-7-8-19-14-4-2-3-13(14)17/h10-14H,2-9,16H2,1H3. The van der Waals surface area contributed by atoms with Crippen molar-refractivity contribution < 1.29 is 9.53 Å². The molecule has 108 valence electrons. The molecule has 1 aliphatic heterocycles. The third-order valence-electron chi connectivity index (χ3n) is 5.32. The van der Waals surface area contributed by atoms with Gasteiger partial charge in [0.2, 0.25) is 5.91 Å². The van der Waals surface area contributed by atoms with Gasteiger partial charge in [0.05, 0.1) is 18.8 Å². The van der Waals surface area contributed by atoms with Gasteiger partial charge in [-0.05, 0) is 44.4 Å². The van der Waals surface area contributed by atoms with Crippen LogP contribution in [0.1, 0.15) is 45.4 Å². The van der Waals surface area contributed by atoms with Gasteiger partial charge in [0.25, 0.3) is 0 Å². The molecule has 0 aromatic rings. The minimum atomic E-state index is 0.142. The third kappa shape index (κ3) is 2.52. The zero-order chi connectivity index (χ0) is 13.4. The van der Waals surface area contributed by atoms with Gasteiger partial charge in [-0.25, -0.2) is 0 Å². The molecule has 1 saturated heterocycles. The minimum absolute atomic E-state index is 0.142. The first kappa shape index (κ1) is 13.4. The Morgan fingerprint density at radius 3 is 2.95 bits per heavy atom. The minimum Gasteiger partial charge on any atom is -0.374 e. The number of nitrogens with two attached hydrogens (primary N) is 1. The van der Waals surface area contributed by atoms with Crippen LogP contribution in [0.3, 0.4) is 0 Å². The van der Waals surface area contributed by atoms with E-state index < -0.39 is 0 Å². The van der Waals surface area contributed by atoms with Crippen LogP contribution in [0.2, 0.25) is 0 Å². The van der Waals surface area contributed by atoms with Crippen LogP contribution in [-0.4, -0.2) is 42.1 Å². The molecule has 4 nitrogen and oxygen atoms in total. The lowest BCUT2D eigenvalue weighted by Gasteiger charge is -2.42. The van der Waals surface area contributed by atoms with Crippen molar-refractivity contribution in [1.29, 1.82) is 0 Å². The Morgan fingerprint density at radius 1 is 1.26 bits per heavy atom. The van der Waals surface area contributed by atoms with Gasteiger partial charge in [-0.1, -0.05) is 6.92 Å². The Morgan fingerprint density at radius 2 is 2.11 bits per heavy atom. The van der Waals surface area contributed by atoms with E-state index in [1.165, 1.54) is 6.42 Å². The van der Waals surface area contributed by atoms with E-state index in [9.17, 15) is 4.79 Å². The van der Waals surface area contributed by atoms with Gasteiger partial charge in [-0.3, -0.25) is 4.79 Å². The van der Waals surface area contributed by atoms with Gasteiger partial charge in [0, 0.05) is 18.5 Å². The Labute approximate surface area is 115 Å². The SMILES string of the molecule is CC1CCC(N)CC1C(=O)N1CCOC2CCCC21. The number of carbonyl (C=O) groups is 1. The molecule has 2 N–H and O–H groups in total. The van der Waals surface area contributed by atoms with Crippen molar-refractivity contribution in [2.75, 3.05) is 13.2 Å². The van der Waals surface area contributed by atoms with Gasteiger partial charge in [0.1, 0.15) is 0 Å². The van der Waals surface area contributed by atoms with E-state index in [1.54, 1.807) is 0 Å². The molecule has 0 aromatic heterocycles. The summed E-state index contributed by atoms with van der Waals surface area (Å²) in [6, 6.07) is 0.553. The Bertz CT molecular complexity index is 347. The maximum atomic E-state index is 12.9. The highest BCUT2D eigenvalue weighted by molar-refractivity contribution is 5.80. The summed E-state index contributed by atoms with van der Waals surface area (Å²) >= 11 is 0. The van der Waals surface area contributed by atoms with E-state index in [0.717, 1.165) is 38.6 Å². The highest BCUT2D eigenvalue weighted by atomic mass is 16.5. The summed E-state index contributed by atoms with van der Waals surface area (Å²) in [5.74, 6) is 0.973. The molecule has 1 heterocycles. The van der Waals surface area contributed by atoms with Gasteiger partial charge < -0.3 is 15.4 Å². The molecule has 3 rings (SSSR count). The van der Waals surface area contributed by atoms with E-state index in [0.29, 0.717) is 30.6 Å². The molecule has 2 aliphatic carbocycles. The van der Waals surface area contributed by atoms with Crippen LogP contribution in [0, 0.1) is 11.8 Å². The van der Waals surface area contributed by atoms with Gasteiger partial charge >= 0.3 is 0 Å². The lowest BCUT2D eigenvalue weighted by Crippen LogP contribution is -2.54. The average Bonchev–Trinajstić information content (AvgIpc) is 2.89. The van der Waals surface area contributed by atoms with Crippen molar-refractivity contribution in [1.82, 2.24) is 4.90 Å². The van der Waals surface area contributed by atoms with Crippen LogP contribution >= 0.6 is 0 Å². The lowest BCUT2D eigenvalue weighted by molar-refractivity contribution is -0.151. The summed E-state index contributed by atoms with van der Waals surface area (Å²) in [5, 5.41) is 0. The quantitative estimate of drug-likeness (QED) is 0.783. The molecule has 0 spiro atoms. The number of fused-ring (bicyclic) bond motifs is 1. The predicted octanol–water partition coefficient (Wildman–Crippen LogP) is 1.53. The Hall–Kier alpha value is -0.610. The molecule has 4 heteroatoms. The second-order valence-corrected chi connectivity index (χ2v) is 6.60. The molecule has 2 saturated carbocycles. The maximum Gasteiger partial charge on any atom is 0.226 e. The summed E-state index contributed by atoms with van der Waals surface area (Å²) < 4.78 is 5.80. The van der Waals surface area contributed by atoms with Crippen molar-refractivity contribution in [2.24, 2.45) is 17.6 Å². The van der Waals surface area contributed by atoms with Crippen LogP contribution < -0.4 is 5.73 Å². The average molecular weight is 266 g/mol. The van der Waals surface area contributed by atoms with Gasteiger partial charge in [0.15, 0.2) is 0 Å². The molecule has 3 aliphatic rings. The summed E-state index contributed by atoms with van der Waals surface area (Å²) in [5.41, 5.74) is 6.07. The second-order valence-electron chi connectivity index (χ2n) is 6.60. The number of morpholine rings is 1. The highest BCUT2D eigenvalue weighted by Crippen LogP contribution is 2.35. The van der Waals surface area contributed by atoms with E-state index >= 15 is 0 Å². The first-order chi connectivity index (χ1) is 9.16. The second kappa shape index (κ2) is 5.41. The molecule has 0 radical (unpaired) electrons. The molecule has 5 atom stereocenters. The van der Waals surface area contributed by atoms with Crippen LogP contribution in [0.25, 0.3) is 0 Å². The maximum absolute atomic E-state index is 12.9. The van der Waals surface area contributed by atoms with E-state index in [4.69, 9.17) is 10.5 Å². The fourth-order valence-corrected chi connectivity index (χ4v) is 4.11. The number of carbonyl (C=O) groups excluding carboxylic acids is 1. The van der Waals surface area contributed by atoms with Crippen LogP contribution in [0.5, 0.6) is 0 Å². The zero-order valence-electron chi connectivity index (χ0n) is 11.9. The van der Waals surface area contributed by atoms with E-state index in [2.05, 4.69) is 11.8 Å². The predicted molar refractivity (Wildman–Crippen MR) is 73.6 cm³/mol. The number of amides is 1. The molecular formula is C15H26N2O2. The number of hydrogen-bond acceptors (Lipinski definition) is 3. The topological polar surface area (TPSA) is 55.6 Å². The Kier molecular flexibility index (Phi) is 3.81. The first-order valence-electron chi connectivity index (χ1n) is 7.84. The van der Waals surface area contributed by atoms with Crippen molar-refractivity contribution in [3.05, 3.63) is 0 Å². The van der Waals surface area contributed by atoms with E-state index in [1.807, 2.05) is 0 Å². The fraction of sp³-hybridized carbons (Fsp3) is 0.933. The number of ether oxygens (including phenoxy) is 1. The monoisotopic (exact) mass is 266 g/mol. The third-order valence-corrected chi connectivity index (χ3v) is 5.32. The van der Waals surface area contributed by atoms with Gasteiger partial charge in [-0.15, -0.1) is 0 Å². The summed E-state index contributed by atoms with van der Waals surface area (Å²) in [6.45, 7) is 3.69. The van der Waals surface area contributed by atoms with Crippen LogP contribution in [0.4, 0.5) is 0 Å². The molecule has 19 heavy (non-hydrogen) atoms. The largest absolute Gasteiger partial charge is 0.374 e. The number of rotatable bonds is 1. The Balaban J connectivity index is 1.71.